The summed E-state index contributed by atoms with van der Waals surface area (Å²) in [6.07, 6.45) is 3.97. The Morgan fingerprint density at radius 1 is 1.17 bits per heavy atom. The molecule has 0 aromatic carbocycles. The highest BCUT2D eigenvalue weighted by molar-refractivity contribution is 6.05. The molecule has 3 aliphatic rings. The molecule has 1 aliphatic carbocycles. The summed E-state index contributed by atoms with van der Waals surface area (Å²) >= 11 is 0. The zero-order valence-corrected chi connectivity index (χ0v) is 14.4. The molecule has 0 spiro atoms. The highest BCUT2D eigenvalue weighted by Crippen LogP contribution is 2.37. The number of likely N-dealkylation sites (tertiary alicyclic amines) is 1. The molecule has 3 amide bonds. The van der Waals surface area contributed by atoms with Crippen LogP contribution in [0.5, 0.6) is 0 Å². The van der Waals surface area contributed by atoms with E-state index in [2.05, 4.69) is 5.32 Å². The predicted octanol–water partition coefficient (Wildman–Crippen LogP) is 0.794. The standard InChI is InChI=1S/C16H25N3O3.ClH/c1-11-10-17-7-9-18(11)14(20)6-8-19-15(21)12-4-2-3-5-13(12)16(19)22;/h11-13,17H,2-10H2,1H3;1H/t11-,12?,13?;/m0./s1. The molecule has 3 rings (SSSR count). The first kappa shape index (κ1) is 18.2. The Balaban J connectivity index is 0.00000192. The molecule has 3 fully saturated rings. The zero-order chi connectivity index (χ0) is 15.7. The molecule has 7 heteroatoms. The number of piperazine rings is 1. The number of hydrogen-bond acceptors (Lipinski definition) is 4. The van der Waals surface area contributed by atoms with Gasteiger partial charge >= 0.3 is 0 Å². The van der Waals surface area contributed by atoms with Gasteiger partial charge in [0, 0.05) is 38.6 Å². The molecule has 1 N–H and O–H groups in total. The van der Waals surface area contributed by atoms with Crippen molar-refractivity contribution in [1.29, 1.82) is 0 Å². The van der Waals surface area contributed by atoms with Gasteiger partial charge in [0.25, 0.3) is 0 Å². The van der Waals surface area contributed by atoms with Gasteiger partial charge in [-0.05, 0) is 19.8 Å². The van der Waals surface area contributed by atoms with Crippen LogP contribution in [-0.4, -0.2) is 59.7 Å². The summed E-state index contributed by atoms with van der Waals surface area (Å²) in [7, 11) is 0. The maximum atomic E-state index is 12.4. The van der Waals surface area contributed by atoms with Gasteiger partial charge in [0.15, 0.2) is 0 Å². The van der Waals surface area contributed by atoms with Crippen LogP contribution in [0.15, 0.2) is 0 Å². The van der Waals surface area contributed by atoms with Crippen molar-refractivity contribution in [2.45, 2.75) is 45.1 Å². The molecule has 1 saturated carbocycles. The molecule has 0 aromatic rings. The largest absolute Gasteiger partial charge is 0.337 e. The Morgan fingerprint density at radius 2 is 1.78 bits per heavy atom. The molecular weight excluding hydrogens is 318 g/mol. The van der Waals surface area contributed by atoms with Gasteiger partial charge in [-0.2, -0.15) is 0 Å². The Labute approximate surface area is 143 Å². The maximum Gasteiger partial charge on any atom is 0.233 e. The first-order valence-corrected chi connectivity index (χ1v) is 8.45. The lowest BCUT2D eigenvalue weighted by Crippen LogP contribution is -2.52. The van der Waals surface area contributed by atoms with Gasteiger partial charge in [-0.25, -0.2) is 0 Å². The van der Waals surface area contributed by atoms with E-state index < -0.39 is 0 Å². The first-order valence-electron chi connectivity index (χ1n) is 8.45. The molecule has 2 saturated heterocycles. The molecular formula is C16H26ClN3O3. The summed E-state index contributed by atoms with van der Waals surface area (Å²) in [5.41, 5.74) is 0. The van der Waals surface area contributed by atoms with Gasteiger partial charge < -0.3 is 10.2 Å². The number of fused-ring (bicyclic) bond motifs is 1. The quantitative estimate of drug-likeness (QED) is 0.769. The number of carbonyl (C=O) groups is 3. The van der Waals surface area contributed by atoms with Crippen LogP contribution in [0.1, 0.15) is 39.0 Å². The zero-order valence-electron chi connectivity index (χ0n) is 13.6. The van der Waals surface area contributed by atoms with Gasteiger partial charge in [0.05, 0.1) is 11.8 Å². The number of nitrogens with one attached hydrogen (secondary N) is 1. The van der Waals surface area contributed by atoms with Crippen molar-refractivity contribution in [1.82, 2.24) is 15.1 Å². The number of halogens is 1. The number of carbonyl (C=O) groups excluding carboxylic acids is 3. The number of rotatable bonds is 3. The lowest BCUT2D eigenvalue weighted by Gasteiger charge is -2.34. The molecule has 23 heavy (non-hydrogen) atoms. The minimum atomic E-state index is -0.116. The molecule has 2 aliphatic heterocycles. The topological polar surface area (TPSA) is 69.7 Å². The van der Waals surface area contributed by atoms with Gasteiger partial charge in [-0.15, -0.1) is 12.4 Å². The molecule has 2 heterocycles. The van der Waals surface area contributed by atoms with Crippen LogP contribution in [-0.2, 0) is 14.4 Å². The van der Waals surface area contributed by atoms with E-state index in [0.717, 1.165) is 38.8 Å². The summed E-state index contributed by atoms with van der Waals surface area (Å²) in [5, 5.41) is 3.25. The van der Waals surface area contributed by atoms with E-state index in [4.69, 9.17) is 0 Å². The van der Waals surface area contributed by atoms with E-state index in [1.54, 1.807) is 0 Å². The average Bonchev–Trinajstić information content (AvgIpc) is 2.77. The van der Waals surface area contributed by atoms with Gasteiger partial charge in [-0.1, -0.05) is 12.8 Å². The van der Waals surface area contributed by atoms with E-state index >= 15 is 0 Å². The minimum absolute atomic E-state index is 0. The Bertz CT molecular complexity index is 461. The van der Waals surface area contributed by atoms with E-state index in [9.17, 15) is 14.4 Å². The van der Waals surface area contributed by atoms with Crippen LogP contribution in [0.3, 0.4) is 0 Å². The lowest BCUT2D eigenvalue weighted by molar-refractivity contribution is -0.141. The number of imide groups is 1. The third kappa shape index (κ3) is 3.53. The Morgan fingerprint density at radius 3 is 2.35 bits per heavy atom. The van der Waals surface area contributed by atoms with Crippen LogP contribution in [0.25, 0.3) is 0 Å². The highest BCUT2D eigenvalue weighted by atomic mass is 35.5. The molecule has 0 aromatic heterocycles. The third-order valence-electron chi connectivity index (χ3n) is 5.30. The summed E-state index contributed by atoms with van der Waals surface area (Å²) in [6, 6.07) is 0.175. The van der Waals surface area contributed by atoms with Crippen molar-refractivity contribution in [3.05, 3.63) is 0 Å². The second kappa shape index (κ2) is 7.62. The van der Waals surface area contributed by atoms with Gasteiger partial charge in [0.1, 0.15) is 0 Å². The van der Waals surface area contributed by atoms with Crippen molar-refractivity contribution < 1.29 is 14.4 Å². The molecule has 2 unspecified atom stereocenters. The van der Waals surface area contributed by atoms with Crippen LogP contribution < -0.4 is 5.32 Å². The van der Waals surface area contributed by atoms with Crippen molar-refractivity contribution >= 4 is 30.1 Å². The van der Waals surface area contributed by atoms with Crippen molar-refractivity contribution in [3.63, 3.8) is 0 Å². The highest BCUT2D eigenvalue weighted by Gasteiger charge is 2.47. The van der Waals surface area contributed by atoms with Crippen molar-refractivity contribution in [3.8, 4) is 0 Å². The number of nitrogens with zero attached hydrogens (tertiary/aromatic N) is 2. The number of amides is 3. The van der Waals surface area contributed by atoms with Crippen LogP contribution >= 0.6 is 12.4 Å². The molecule has 0 radical (unpaired) electrons. The van der Waals surface area contributed by atoms with Crippen LogP contribution in [0.4, 0.5) is 0 Å². The second-order valence-corrected chi connectivity index (χ2v) is 6.72. The monoisotopic (exact) mass is 343 g/mol. The Hall–Kier alpha value is -1.14. The second-order valence-electron chi connectivity index (χ2n) is 6.72. The van der Waals surface area contributed by atoms with Gasteiger partial charge in [-0.3, -0.25) is 19.3 Å². The van der Waals surface area contributed by atoms with Crippen LogP contribution in [0.2, 0.25) is 0 Å². The van der Waals surface area contributed by atoms with E-state index in [1.165, 1.54) is 4.90 Å². The molecule has 0 bridgehead atoms. The fourth-order valence-electron chi connectivity index (χ4n) is 4.01. The fourth-order valence-corrected chi connectivity index (χ4v) is 4.01. The summed E-state index contributed by atoms with van der Waals surface area (Å²) in [5.74, 6) is -0.278. The SMILES string of the molecule is C[C@H]1CNCCN1C(=O)CCN1C(=O)C2CCCCC2C1=O.Cl. The fraction of sp³-hybridized carbons (Fsp3) is 0.812. The van der Waals surface area contributed by atoms with Crippen LogP contribution in [0, 0.1) is 11.8 Å². The Kier molecular flexibility index (Phi) is 6.03. The smallest absolute Gasteiger partial charge is 0.233 e. The van der Waals surface area contributed by atoms with E-state index in [0.29, 0.717) is 6.54 Å². The number of hydrogen-bond donors (Lipinski definition) is 1. The predicted molar refractivity (Wildman–Crippen MR) is 88.1 cm³/mol. The third-order valence-corrected chi connectivity index (χ3v) is 5.30. The van der Waals surface area contributed by atoms with Gasteiger partial charge in [0.2, 0.25) is 17.7 Å². The summed E-state index contributed by atoms with van der Waals surface area (Å²) < 4.78 is 0. The van der Waals surface area contributed by atoms with E-state index in [-0.39, 0.29) is 61.0 Å². The minimum Gasteiger partial charge on any atom is -0.337 e. The maximum absolute atomic E-state index is 12.4. The lowest BCUT2D eigenvalue weighted by atomic mass is 9.81. The normalized spacial score (nSPS) is 30.9. The van der Waals surface area contributed by atoms with Crippen molar-refractivity contribution in [2.75, 3.05) is 26.2 Å². The summed E-state index contributed by atoms with van der Waals surface area (Å²) in [6.45, 7) is 4.58. The summed E-state index contributed by atoms with van der Waals surface area (Å²) in [4.78, 5) is 40.3. The van der Waals surface area contributed by atoms with Crippen molar-refractivity contribution in [2.24, 2.45) is 11.8 Å². The molecule has 6 nitrogen and oxygen atoms in total. The molecule has 3 atom stereocenters. The molecule has 130 valence electrons. The average molecular weight is 344 g/mol. The first-order chi connectivity index (χ1) is 10.6. The van der Waals surface area contributed by atoms with E-state index in [1.807, 2.05) is 11.8 Å².